The third-order valence-electron chi connectivity index (χ3n) is 4.67. The van der Waals surface area contributed by atoms with Gasteiger partial charge in [0, 0.05) is 23.2 Å². The number of hydrogen-bond acceptors (Lipinski definition) is 3. The van der Waals surface area contributed by atoms with Gasteiger partial charge in [0.05, 0.1) is 10.7 Å². The Kier molecular flexibility index (Phi) is 6.11. The number of rotatable bonds is 7. The van der Waals surface area contributed by atoms with Crippen LogP contribution in [-0.4, -0.2) is 35.3 Å². The number of benzene rings is 2. The topological polar surface area (TPSA) is 16.1 Å². The van der Waals surface area contributed by atoms with Crippen molar-refractivity contribution in [2.45, 2.75) is 25.8 Å². The fraction of sp³-hybridized carbons (Fsp3) is 0.318. The third-order valence-corrected chi connectivity index (χ3v) is 5.56. The zero-order valence-corrected chi connectivity index (χ0v) is 16.1. The van der Waals surface area contributed by atoms with Gasteiger partial charge in [0.15, 0.2) is 0 Å². The molecule has 2 nitrogen and oxygen atoms in total. The molecule has 0 unspecified atom stereocenters. The van der Waals surface area contributed by atoms with Crippen LogP contribution < -0.4 is 0 Å². The Balaban J connectivity index is 1.94. The Hall–Kier alpha value is -1.84. The second-order valence-corrected chi connectivity index (χ2v) is 7.34. The van der Waals surface area contributed by atoms with Gasteiger partial charge >= 0.3 is 0 Å². The highest BCUT2D eigenvalue weighted by molar-refractivity contribution is 7.99. The minimum Gasteiger partial charge on any atom is -0.303 e. The Labute approximate surface area is 155 Å². The molecule has 0 saturated heterocycles. The molecule has 1 heterocycles. The van der Waals surface area contributed by atoms with E-state index in [0.29, 0.717) is 0 Å². The molecule has 0 N–H and O–H groups in total. The van der Waals surface area contributed by atoms with Crippen molar-refractivity contribution in [2.75, 3.05) is 25.4 Å². The zero-order chi connectivity index (χ0) is 17.6. The van der Waals surface area contributed by atoms with Crippen LogP contribution >= 0.6 is 11.8 Å². The summed E-state index contributed by atoms with van der Waals surface area (Å²) in [5, 5.41) is 3.61. The van der Waals surface area contributed by atoms with E-state index in [-0.39, 0.29) is 0 Å². The fourth-order valence-corrected chi connectivity index (χ4v) is 4.04. The first kappa shape index (κ1) is 18.0. The molecule has 0 fully saturated rings. The van der Waals surface area contributed by atoms with E-state index in [1.807, 2.05) is 11.8 Å². The standard InChI is InChI=1S/C22H26N2S/c1-4-24(5-2)14-15-25-21-16-18-11-7-9-13-20(18)22(23-21)19-12-8-6-10-17(19)3/h6-13,16H,4-5,14-15H2,1-3H3. The SMILES string of the molecule is CCN(CC)CCSc1cc2ccccc2c(-c2ccccc2C)n1. The molecule has 0 atom stereocenters. The van der Waals surface area contributed by atoms with Gasteiger partial charge in [0.25, 0.3) is 0 Å². The fourth-order valence-electron chi connectivity index (χ4n) is 3.11. The first-order valence-electron chi connectivity index (χ1n) is 9.03. The summed E-state index contributed by atoms with van der Waals surface area (Å²) in [6.07, 6.45) is 0. The highest BCUT2D eigenvalue weighted by Crippen LogP contribution is 2.32. The smallest absolute Gasteiger partial charge is 0.0974 e. The monoisotopic (exact) mass is 350 g/mol. The van der Waals surface area contributed by atoms with Gasteiger partial charge in [0.2, 0.25) is 0 Å². The van der Waals surface area contributed by atoms with Crippen LogP contribution in [-0.2, 0) is 0 Å². The van der Waals surface area contributed by atoms with Gasteiger partial charge in [-0.2, -0.15) is 0 Å². The summed E-state index contributed by atoms with van der Waals surface area (Å²) in [6, 6.07) is 19.3. The maximum Gasteiger partial charge on any atom is 0.0974 e. The summed E-state index contributed by atoms with van der Waals surface area (Å²) in [6.45, 7) is 9.92. The lowest BCUT2D eigenvalue weighted by molar-refractivity contribution is 0.324. The number of aryl methyl sites for hydroxylation is 1. The maximum atomic E-state index is 5.02. The predicted molar refractivity (Wildman–Crippen MR) is 110 cm³/mol. The van der Waals surface area contributed by atoms with Crippen LogP contribution in [0.3, 0.4) is 0 Å². The first-order valence-corrected chi connectivity index (χ1v) is 10.0. The lowest BCUT2D eigenvalue weighted by Crippen LogP contribution is -2.25. The number of fused-ring (bicyclic) bond motifs is 1. The Morgan fingerprint density at radius 2 is 1.68 bits per heavy atom. The molecule has 0 radical (unpaired) electrons. The summed E-state index contributed by atoms with van der Waals surface area (Å²) in [5.74, 6) is 1.07. The van der Waals surface area contributed by atoms with Gasteiger partial charge in [-0.3, -0.25) is 0 Å². The van der Waals surface area contributed by atoms with E-state index in [0.717, 1.165) is 36.1 Å². The molecular formula is C22H26N2S. The minimum absolute atomic E-state index is 1.07. The van der Waals surface area contributed by atoms with E-state index < -0.39 is 0 Å². The van der Waals surface area contributed by atoms with E-state index in [1.54, 1.807) is 0 Å². The lowest BCUT2D eigenvalue weighted by atomic mass is 10.0. The van der Waals surface area contributed by atoms with Crippen LogP contribution in [0.5, 0.6) is 0 Å². The molecule has 0 saturated carbocycles. The molecule has 0 aliphatic heterocycles. The molecular weight excluding hydrogens is 324 g/mol. The molecule has 2 aromatic carbocycles. The van der Waals surface area contributed by atoms with Crippen molar-refractivity contribution in [3.8, 4) is 11.3 Å². The number of aromatic nitrogens is 1. The van der Waals surface area contributed by atoms with Gasteiger partial charge < -0.3 is 4.90 Å². The van der Waals surface area contributed by atoms with Gasteiger partial charge in [0.1, 0.15) is 0 Å². The predicted octanol–water partition coefficient (Wildman–Crippen LogP) is 5.64. The van der Waals surface area contributed by atoms with Crippen molar-refractivity contribution in [1.82, 2.24) is 9.88 Å². The van der Waals surface area contributed by atoms with Crippen LogP contribution in [0.2, 0.25) is 0 Å². The Bertz CT molecular complexity index is 840. The minimum atomic E-state index is 1.07. The van der Waals surface area contributed by atoms with E-state index >= 15 is 0 Å². The van der Waals surface area contributed by atoms with Crippen LogP contribution in [0.4, 0.5) is 0 Å². The molecule has 1 aromatic heterocycles. The average molecular weight is 351 g/mol. The van der Waals surface area contributed by atoms with Crippen molar-refractivity contribution in [1.29, 1.82) is 0 Å². The number of thioether (sulfide) groups is 1. The summed E-state index contributed by atoms with van der Waals surface area (Å²) in [4.78, 5) is 7.48. The van der Waals surface area contributed by atoms with E-state index in [2.05, 4.69) is 80.3 Å². The average Bonchev–Trinajstić information content (AvgIpc) is 2.65. The van der Waals surface area contributed by atoms with Crippen LogP contribution in [0.1, 0.15) is 19.4 Å². The van der Waals surface area contributed by atoms with Crippen molar-refractivity contribution in [3.05, 3.63) is 60.2 Å². The van der Waals surface area contributed by atoms with E-state index in [9.17, 15) is 0 Å². The largest absolute Gasteiger partial charge is 0.303 e. The number of pyridine rings is 1. The first-order chi connectivity index (χ1) is 12.2. The van der Waals surface area contributed by atoms with Gasteiger partial charge in [-0.15, -0.1) is 11.8 Å². The number of hydrogen-bond donors (Lipinski definition) is 0. The third kappa shape index (κ3) is 4.23. The second kappa shape index (κ2) is 8.50. The van der Waals surface area contributed by atoms with Gasteiger partial charge in [-0.05, 0) is 37.0 Å². The Morgan fingerprint density at radius 3 is 2.44 bits per heavy atom. The zero-order valence-electron chi connectivity index (χ0n) is 15.3. The maximum absolute atomic E-state index is 5.02. The Morgan fingerprint density at radius 1 is 0.960 bits per heavy atom. The van der Waals surface area contributed by atoms with Gasteiger partial charge in [-0.25, -0.2) is 4.98 Å². The molecule has 130 valence electrons. The molecule has 0 aliphatic rings. The highest BCUT2D eigenvalue weighted by atomic mass is 32.2. The van der Waals surface area contributed by atoms with Crippen LogP contribution in [0.25, 0.3) is 22.0 Å². The summed E-state index contributed by atoms with van der Waals surface area (Å²) < 4.78 is 0. The molecule has 25 heavy (non-hydrogen) atoms. The molecule has 3 heteroatoms. The van der Waals surface area contributed by atoms with Crippen molar-refractivity contribution < 1.29 is 0 Å². The number of nitrogens with zero attached hydrogens (tertiary/aromatic N) is 2. The van der Waals surface area contributed by atoms with Crippen molar-refractivity contribution >= 4 is 22.5 Å². The van der Waals surface area contributed by atoms with E-state index in [1.165, 1.54) is 21.9 Å². The van der Waals surface area contributed by atoms with Crippen LogP contribution in [0, 0.1) is 6.92 Å². The van der Waals surface area contributed by atoms with E-state index in [4.69, 9.17) is 4.98 Å². The molecule has 0 aliphatic carbocycles. The molecule has 0 spiro atoms. The van der Waals surface area contributed by atoms with Crippen molar-refractivity contribution in [3.63, 3.8) is 0 Å². The summed E-state index contributed by atoms with van der Waals surface area (Å²) in [7, 11) is 0. The lowest BCUT2D eigenvalue weighted by Gasteiger charge is -2.17. The molecule has 0 amide bonds. The highest BCUT2D eigenvalue weighted by Gasteiger charge is 2.10. The summed E-state index contributed by atoms with van der Waals surface area (Å²) >= 11 is 1.86. The summed E-state index contributed by atoms with van der Waals surface area (Å²) in [5.41, 5.74) is 3.59. The second-order valence-electron chi connectivity index (χ2n) is 6.22. The van der Waals surface area contributed by atoms with Gasteiger partial charge in [-0.1, -0.05) is 62.4 Å². The van der Waals surface area contributed by atoms with Crippen LogP contribution in [0.15, 0.2) is 59.6 Å². The van der Waals surface area contributed by atoms with Crippen molar-refractivity contribution in [2.24, 2.45) is 0 Å². The molecule has 3 rings (SSSR count). The quantitative estimate of drug-likeness (QED) is 0.513. The molecule has 0 bridgehead atoms. The normalized spacial score (nSPS) is 11.4. The molecule has 3 aromatic rings.